The number of aromatic amines is 1. The lowest BCUT2D eigenvalue weighted by Crippen LogP contribution is -2.43. The molecule has 2 aromatic heterocycles. The Hall–Kier alpha value is -2.04. The molecule has 0 aliphatic carbocycles. The first-order valence-corrected chi connectivity index (χ1v) is 10.1. The molecule has 0 aromatic carbocycles. The molecule has 0 bridgehead atoms. The Morgan fingerprint density at radius 1 is 1.38 bits per heavy atom. The Kier molecular flexibility index (Phi) is 5.54. The lowest BCUT2D eigenvalue weighted by Gasteiger charge is -2.31. The highest BCUT2D eigenvalue weighted by molar-refractivity contribution is 7.89. The maximum atomic E-state index is 12.2. The molecule has 0 saturated carbocycles. The van der Waals surface area contributed by atoms with Crippen LogP contribution in [0.5, 0.6) is 0 Å². The second kappa shape index (κ2) is 7.68. The van der Waals surface area contributed by atoms with Crippen LogP contribution in [0.3, 0.4) is 0 Å². The lowest BCUT2D eigenvalue weighted by molar-refractivity contribution is 0.214. The number of piperidine rings is 1. The summed E-state index contributed by atoms with van der Waals surface area (Å²) in [5.41, 5.74) is 0.929. The molecule has 0 spiro atoms. The molecule has 9 nitrogen and oxygen atoms in total. The van der Waals surface area contributed by atoms with Crippen molar-refractivity contribution in [1.82, 2.24) is 19.3 Å². The molecule has 1 saturated heterocycles. The normalized spacial score (nSPS) is 16.8. The molecule has 2 N–H and O–H groups in total. The van der Waals surface area contributed by atoms with Crippen molar-refractivity contribution in [2.45, 2.75) is 25.8 Å². The van der Waals surface area contributed by atoms with E-state index in [-0.39, 0.29) is 24.0 Å². The molecular weight excluding hydrogens is 358 g/mol. The lowest BCUT2D eigenvalue weighted by atomic mass is 10.1. The molecule has 3 rings (SSSR count). The topological polar surface area (TPSA) is 117 Å². The van der Waals surface area contributed by atoms with Gasteiger partial charge in [-0.3, -0.25) is 4.79 Å². The molecule has 10 heteroatoms. The van der Waals surface area contributed by atoms with Crippen LogP contribution in [0, 0.1) is 6.92 Å². The number of ether oxygens (including phenoxy) is 1. The number of aryl methyl sites for hydroxylation is 1. The van der Waals surface area contributed by atoms with E-state index >= 15 is 0 Å². The van der Waals surface area contributed by atoms with Crippen LogP contribution in [0.25, 0.3) is 11.0 Å². The van der Waals surface area contributed by atoms with Crippen molar-refractivity contribution in [1.29, 1.82) is 0 Å². The van der Waals surface area contributed by atoms with Crippen molar-refractivity contribution < 1.29 is 13.2 Å². The smallest absolute Gasteiger partial charge is 0.252 e. The van der Waals surface area contributed by atoms with Crippen molar-refractivity contribution in [3.63, 3.8) is 0 Å². The number of methoxy groups -OCH3 is 1. The Balaban J connectivity index is 1.63. The summed E-state index contributed by atoms with van der Waals surface area (Å²) in [6.45, 7) is 2.84. The summed E-state index contributed by atoms with van der Waals surface area (Å²) < 4.78 is 30.7. The van der Waals surface area contributed by atoms with E-state index in [1.165, 1.54) is 11.4 Å². The number of fused-ring (bicyclic) bond motifs is 1. The first kappa shape index (κ1) is 18.7. The summed E-state index contributed by atoms with van der Waals surface area (Å²) >= 11 is 0. The summed E-state index contributed by atoms with van der Waals surface area (Å²) in [5.74, 6) is 0.431. The minimum atomic E-state index is -3.27. The van der Waals surface area contributed by atoms with Crippen LogP contribution in [0.1, 0.15) is 18.4 Å². The van der Waals surface area contributed by atoms with Gasteiger partial charge in [-0.1, -0.05) is 0 Å². The van der Waals surface area contributed by atoms with Crippen LogP contribution in [0.2, 0.25) is 0 Å². The van der Waals surface area contributed by atoms with Crippen molar-refractivity contribution in [3.05, 3.63) is 28.2 Å². The minimum absolute atomic E-state index is 0.00214. The van der Waals surface area contributed by atoms with Gasteiger partial charge in [-0.25, -0.2) is 17.7 Å². The predicted molar refractivity (Wildman–Crippen MR) is 98.8 cm³/mol. The number of aromatic nitrogens is 3. The Morgan fingerprint density at radius 3 is 2.81 bits per heavy atom. The average molecular weight is 381 g/mol. The standard InChI is InChI=1S/C16H23N5O4S/c1-11-9-12-10-17-16(20-14(12)19-15(11)22)18-13-3-5-21(6-4-13)26(23,24)8-7-25-2/h9-10,13H,3-8H2,1-2H3,(H2,17,18,19,20,22). The maximum Gasteiger partial charge on any atom is 0.252 e. The van der Waals surface area contributed by atoms with E-state index in [0.29, 0.717) is 43.1 Å². The van der Waals surface area contributed by atoms with Gasteiger partial charge in [-0.2, -0.15) is 4.98 Å². The number of rotatable bonds is 6. The molecule has 0 unspecified atom stereocenters. The second-order valence-corrected chi connectivity index (χ2v) is 8.49. The van der Waals surface area contributed by atoms with Gasteiger partial charge in [0.25, 0.3) is 5.56 Å². The fourth-order valence-corrected chi connectivity index (χ4v) is 4.35. The molecule has 0 atom stereocenters. The number of hydrogen-bond acceptors (Lipinski definition) is 7. The van der Waals surface area contributed by atoms with Crippen LogP contribution >= 0.6 is 0 Å². The fraction of sp³-hybridized carbons (Fsp3) is 0.562. The van der Waals surface area contributed by atoms with Gasteiger partial charge >= 0.3 is 0 Å². The van der Waals surface area contributed by atoms with Crippen LogP contribution in [0.15, 0.2) is 17.1 Å². The zero-order chi connectivity index (χ0) is 18.7. The van der Waals surface area contributed by atoms with Crippen molar-refractivity contribution in [2.75, 3.05) is 37.9 Å². The van der Waals surface area contributed by atoms with E-state index in [0.717, 1.165) is 5.39 Å². The summed E-state index contributed by atoms with van der Waals surface area (Å²) in [7, 11) is -1.78. The Morgan fingerprint density at radius 2 is 2.12 bits per heavy atom. The highest BCUT2D eigenvalue weighted by atomic mass is 32.2. The van der Waals surface area contributed by atoms with E-state index in [1.807, 2.05) is 0 Å². The van der Waals surface area contributed by atoms with Crippen LogP contribution < -0.4 is 10.9 Å². The number of nitrogens with one attached hydrogen (secondary N) is 2. The SMILES string of the molecule is COCCS(=O)(=O)N1CCC(Nc2ncc3cc(C)c(=O)[nH]c3n2)CC1. The third kappa shape index (κ3) is 4.19. The average Bonchev–Trinajstić information content (AvgIpc) is 2.62. The molecule has 1 aliphatic rings. The van der Waals surface area contributed by atoms with Gasteiger partial charge in [0.1, 0.15) is 5.65 Å². The molecule has 3 heterocycles. The highest BCUT2D eigenvalue weighted by Crippen LogP contribution is 2.18. The number of nitrogens with zero attached hydrogens (tertiary/aromatic N) is 3. The van der Waals surface area contributed by atoms with Crippen LogP contribution in [-0.4, -0.2) is 66.3 Å². The fourth-order valence-electron chi connectivity index (χ4n) is 2.95. The monoisotopic (exact) mass is 381 g/mol. The molecular formula is C16H23N5O4S. The van der Waals surface area contributed by atoms with E-state index in [4.69, 9.17) is 4.74 Å². The second-order valence-electron chi connectivity index (χ2n) is 6.41. The maximum absolute atomic E-state index is 12.2. The van der Waals surface area contributed by atoms with E-state index in [2.05, 4.69) is 20.3 Å². The Labute approximate surface area is 151 Å². The number of pyridine rings is 1. The van der Waals surface area contributed by atoms with Crippen molar-refractivity contribution in [2.24, 2.45) is 0 Å². The van der Waals surface area contributed by atoms with Gasteiger partial charge in [0.2, 0.25) is 16.0 Å². The van der Waals surface area contributed by atoms with Gasteiger partial charge in [0.15, 0.2) is 0 Å². The summed E-state index contributed by atoms with van der Waals surface area (Å²) in [6, 6.07) is 1.83. The molecule has 2 aromatic rings. The quantitative estimate of drug-likeness (QED) is 0.747. The van der Waals surface area contributed by atoms with E-state index in [1.54, 1.807) is 19.2 Å². The van der Waals surface area contributed by atoms with Gasteiger partial charge in [0.05, 0.1) is 12.4 Å². The van der Waals surface area contributed by atoms with Crippen LogP contribution in [-0.2, 0) is 14.8 Å². The zero-order valence-corrected chi connectivity index (χ0v) is 15.7. The number of anilines is 1. The van der Waals surface area contributed by atoms with Crippen molar-refractivity contribution >= 4 is 27.0 Å². The number of H-pyrrole nitrogens is 1. The molecule has 0 radical (unpaired) electrons. The van der Waals surface area contributed by atoms with Gasteiger partial charge in [0, 0.05) is 43.4 Å². The first-order valence-electron chi connectivity index (χ1n) is 8.49. The largest absolute Gasteiger partial charge is 0.384 e. The van der Waals surface area contributed by atoms with E-state index in [9.17, 15) is 13.2 Å². The highest BCUT2D eigenvalue weighted by Gasteiger charge is 2.28. The molecule has 142 valence electrons. The van der Waals surface area contributed by atoms with Crippen LogP contribution in [0.4, 0.5) is 5.95 Å². The molecule has 1 aliphatic heterocycles. The summed E-state index contributed by atoms with van der Waals surface area (Å²) in [5, 5.41) is 4.00. The van der Waals surface area contributed by atoms with Gasteiger partial charge in [-0.05, 0) is 25.8 Å². The number of hydrogen-bond donors (Lipinski definition) is 2. The van der Waals surface area contributed by atoms with E-state index < -0.39 is 10.0 Å². The molecule has 0 amide bonds. The first-order chi connectivity index (χ1) is 12.4. The van der Waals surface area contributed by atoms with Gasteiger partial charge in [-0.15, -0.1) is 0 Å². The third-order valence-electron chi connectivity index (χ3n) is 4.51. The minimum Gasteiger partial charge on any atom is -0.384 e. The summed E-state index contributed by atoms with van der Waals surface area (Å²) in [6.07, 6.45) is 2.99. The van der Waals surface area contributed by atoms with Crippen molar-refractivity contribution in [3.8, 4) is 0 Å². The summed E-state index contributed by atoms with van der Waals surface area (Å²) in [4.78, 5) is 23.1. The predicted octanol–water partition coefficient (Wildman–Crippen LogP) is 0.479. The Bertz CT molecular complexity index is 935. The molecule has 1 fully saturated rings. The number of sulfonamides is 1. The third-order valence-corrected chi connectivity index (χ3v) is 6.34. The van der Waals surface area contributed by atoms with Gasteiger partial charge < -0.3 is 15.0 Å². The molecule has 26 heavy (non-hydrogen) atoms. The zero-order valence-electron chi connectivity index (χ0n) is 14.9.